The molecular formula is C13H19ClN2O3. The van der Waals surface area contributed by atoms with Crippen LogP contribution in [0.4, 0.5) is 0 Å². The van der Waals surface area contributed by atoms with E-state index in [0.717, 1.165) is 0 Å². The minimum atomic E-state index is -0.615. The van der Waals surface area contributed by atoms with E-state index < -0.39 is 6.10 Å². The fraction of sp³-hybridized carbons (Fsp3) is 0.462. The summed E-state index contributed by atoms with van der Waals surface area (Å²) in [7, 11) is 0. The molecular weight excluding hydrogens is 268 g/mol. The van der Waals surface area contributed by atoms with Crippen molar-refractivity contribution in [1.29, 1.82) is 0 Å². The molecule has 0 fully saturated rings. The zero-order valence-electron chi connectivity index (χ0n) is 10.9. The lowest BCUT2D eigenvalue weighted by Gasteiger charge is -2.13. The molecule has 1 atom stereocenters. The number of aliphatic hydroxyl groups excluding tert-OH is 1. The van der Waals surface area contributed by atoms with E-state index in [1.807, 2.05) is 0 Å². The summed E-state index contributed by atoms with van der Waals surface area (Å²) < 4.78 is 5.40. The van der Waals surface area contributed by atoms with Crippen molar-refractivity contribution in [2.45, 2.75) is 13.0 Å². The number of halogens is 1. The van der Waals surface area contributed by atoms with E-state index in [4.69, 9.17) is 16.3 Å². The minimum Gasteiger partial charge on any atom is -0.491 e. The van der Waals surface area contributed by atoms with Gasteiger partial charge in [0.1, 0.15) is 18.5 Å². The second kappa shape index (κ2) is 8.74. The van der Waals surface area contributed by atoms with E-state index in [9.17, 15) is 9.90 Å². The van der Waals surface area contributed by atoms with E-state index in [1.165, 1.54) is 6.92 Å². The van der Waals surface area contributed by atoms with Crippen LogP contribution in [0.2, 0.25) is 5.02 Å². The van der Waals surface area contributed by atoms with Crippen molar-refractivity contribution in [2.75, 3.05) is 26.2 Å². The normalized spacial score (nSPS) is 11.9. The van der Waals surface area contributed by atoms with Crippen LogP contribution in [-0.4, -0.2) is 43.4 Å². The average molecular weight is 287 g/mol. The summed E-state index contributed by atoms with van der Waals surface area (Å²) in [6.45, 7) is 3.20. The molecule has 1 rings (SSSR count). The average Bonchev–Trinajstić information content (AvgIpc) is 2.35. The van der Waals surface area contributed by atoms with Crippen LogP contribution in [0, 0.1) is 0 Å². The Morgan fingerprint density at radius 2 is 2.26 bits per heavy atom. The van der Waals surface area contributed by atoms with Crippen LogP contribution in [0.3, 0.4) is 0 Å². The molecule has 0 aliphatic heterocycles. The van der Waals surface area contributed by atoms with Gasteiger partial charge in [-0.2, -0.15) is 0 Å². The van der Waals surface area contributed by atoms with Gasteiger partial charge in [-0.3, -0.25) is 4.79 Å². The van der Waals surface area contributed by atoms with Crippen LogP contribution in [-0.2, 0) is 4.79 Å². The van der Waals surface area contributed by atoms with Gasteiger partial charge in [-0.15, -0.1) is 0 Å². The van der Waals surface area contributed by atoms with E-state index >= 15 is 0 Å². The Bertz CT molecular complexity index is 401. The maximum absolute atomic E-state index is 10.6. The molecule has 0 aliphatic carbocycles. The number of hydrogen-bond donors (Lipinski definition) is 3. The van der Waals surface area contributed by atoms with Gasteiger partial charge in [0.15, 0.2) is 0 Å². The smallest absolute Gasteiger partial charge is 0.216 e. The fourth-order valence-electron chi connectivity index (χ4n) is 1.40. The second-order valence-electron chi connectivity index (χ2n) is 4.11. The van der Waals surface area contributed by atoms with Crippen LogP contribution >= 0.6 is 11.6 Å². The third-order valence-corrected chi connectivity index (χ3v) is 2.53. The van der Waals surface area contributed by atoms with Crippen LogP contribution in [0.1, 0.15) is 6.92 Å². The highest BCUT2D eigenvalue weighted by molar-refractivity contribution is 6.30. The first-order valence-corrected chi connectivity index (χ1v) is 6.47. The predicted octanol–water partition coefficient (Wildman–Crippen LogP) is 0.805. The first-order chi connectivity index (χ1) is 9.08. The highest BCUT2D eigenvalue weighted by Crippen LogP contribution is 2.16. The molecule has 0 saturated heterocycles. The summed E-state index contributed by atoms with van der Waals surface area (Å²) in [5, 5.41) is 15.9. The zero-order valence-corrected chi connectivity index (χ0v) is 11.6. The monoisotopic (exact) mass is 286 g/mol. The highest BCUT2D eigenvalue weighted by atomic mass is 35.5. The number of ether oxygens (including phenoxy) is 1. The summed E-state index contributed by atoms with van der Waals surface area (Å²) in [5.41, 5.74) is 0. The van der Waals surface area contributed by atoms with Crippen molar-refractivity contribution in [1.82, 2.24) is 10.6 Å². The van der Waals surface area contributed by atoms with Gasteiger partial charge in [-0.25, -0.2) is 0 Å². The molecule has 19 heavy (non-hydrogen) atoms. The van der Waals surface area contributed by atoms with Gasteiger partial charge in [0.05, 0.1) is 0 Å². The third-order valence-electron chi connectivity index (χ3n) is 2.29. The summed E-state index contributed by atoms with van der Waals surface area (Å²) >= 11 is 5.81. The number of carbonyl (C=O) groups excluding carboxylic acids is 1. The van der Waals surface area contributed by atoms with Crippen molar-refractivity contribution in [3.63, 3.8) is 0 Å². The fourth-order valence-corrected chi connectivity index (χ4v) is 1.58. The maximum atomic E-state index is 10.6. The van der Waals surface area contributed by atoms with Crippen LogP contribution in [0.15, 0.2) is 24.3 Å². The van der Waals surface area contributed by atoms with E-state index in [2.05, 4.69) is 10.6 Å². The highest BCUT2D eigenvalue weighted by Gasteiger charge is 2.05. The summed E-state index contributed by atoms with van der Waals surface area (Å²) in [4.78, 5) is 10.6. The molecule has 106 valence electrons. The van der Waals surface area contributed by atoms with Crippen LogP contribution < -0.4 is 15.4 Å². The Kier molecular flexibility index (Phi) is 7.25. The maximum Gasteiger partial charge on any atom is 0.216 e. The molecule has 0 aromatic heterocycles. The van der Waals surface area contributed by atoms with Crippen molar-refractivity contribution in [2.24, 2.45) is 0 Å². The first kappa shape index (κ1) is 15.8. The Hall–Kier alpha value is -1.30. The standard InChI is InChI=1S/C13H19ClN2O3/c1-10(17)16-6-5-15-8-12(18)9-19-13-4-2-3-11(14)7-13/h2-4,7,12,15,18H,5-6,8-9H2,1H3,(H,16,17). The molecule has 1 aromatic carbocycles. The summed E-state index contributed by atoms with van der Waals surface area (Å²) in [5.74, 6) is 0.566. The molecule has 0 bridgehead atoms. The molecule has 1 aromatic rings. The molecule has 6 heteroatoms. The molecule has 0 aliphatic rings. The zero-order chi connectivity index (χ0) is 14.1. The Morgan fingerprint density at radius 1 is 1.47 bits per heavy atom. The molecule has 1 unspecified atom stereocenters. The summed E-state index contributed by atoms with van der Waals surface area (Å²) in [6.07, 6.45) is -0.615. The number of hydrogen-bond acceptors (Lipinski definition) is 4. The van der Waals surface area contributed by atoms with E-state index in [1.54, 1.807) is 24.3 Å². The molecule has 0 heterocycles. The molecule has 5 nitrogen and oxygen atoms in total. The molecule has 0 spiro atoms. The van der Waals surface area contributed by atoms with Crippen molar-refractivity contribution < 1.29 is 14.6 Å². The Labute approximate surface area is 117 Å². The SMILES string of the molecule is CC(=O)NCCNCC(O)COc1cccc(Cl)c1. The van der Waals surface area contributed by atoms with E-state index in [-0.39, 0.29) is 12.5 Å². The predicted molar refractivity (Wildman–Crippen MR) is 74.5 cm³/mol. The lowest BCUT2D eigenvalue weighted by Crippen LogP contribution is -2.36. The largest absolute Gasteiger partial charge is 0.491 e. The van der Waals surface area contributed by atoms with Gasteiger partial charge in [0, 0.05) is 31.6 Å². The number of benzene rings is 1. The number of aliphatic hydroxyl groups is 1. The topological polar surface area (TPSA) is 70.6 Å². The second-order valence-corrected chi connectivity index (χ2v) is 4.55. The number of nitrogens with one attached hydrogen (secondary N) is 2. The van der Waals surface area contributed by atoms with Gasteiger partial charge in [-0.05, 0) is 18.2 Å². The van der Waals surface area contributed by atoms with E-state index in [0.29, 0.717) is 30.4 Å². The van der Waals surface area contributed by atoms with Crippen molar-refractivity contribution in [3.05, 3.63) is 29.3 Å². The third kappa shape index (κ3) is 7.66. The number of amides is 1. The summed E-state index contributed by atoms with van der Waals surface area (Å²) in [6, 6.07) is 7.02. The number of rotatable bonds is 8. The molecule has 3 N–H and O–H groups in total. The first-order valence-electron chi connectivity index (χ1n) is 6.09. The lowest BCUT2D eigenvalue weighted by atomic mass is 10.3. The quantitative estimate of drug-likeness (QED) is 0.619. The van der Waals surface area contributed by atoms with Crippen LogP contribution in [0.25, 0.3) is 0 Å². The molecule has 0 saturated carbocycles. The minimum absolute atomic E-state index is 0.0633. The molecule has 0 radical (unpaired) electrons. The Balaban J connectivity index is 2.11. The molecule has 1 amide bonds. The van der Waals surface area contributed by atoms with Gasteiger partial charge in [-0.1, -0.05) is 17.7 Å². The van der Waals surface area contributed by atoms with Gasteiger partial charge in [0.25, 0.3) is 0 Å². The van der Waals surface area contributed by atoms with Gasteiger partial charge >= 0.3 is 0 Å². The van der Waals surface area contributed by atoms with Crippen molar-refractivity contribution in [3.8, 4) is 5.75 Å². The van der Waals surface area contributed by atoms with Gasteiger partial charge < -0.3 is 20.5 Å². The van der Waals surface area contributed by atoms with Crippen LogP contribution in [0.5, 0.6) is 5.75 Å². The van der Waals surface area contributed by atoms with Crippen molar-refractivity contribution >= 4 is 17.5 Å². The Morgan fingerprint density at radius 3 is 2.95 bits per heavy atom. The lowest BCUT2D eigenvalue weighted by molar-refractivity contribution is -0.118. The van der Waals surface area contributed by atoms with Gasteiger partial charge in [0.2, 0.25) is 5.91 Å². The number of carbonyl (C=O) groups is 1.